The first-order valence-electron chi connectivity index (χ1n) is 10.9. The summed E-state index contributed by atoms with van der Waals surface area (Å²) in [7, 11) is -4.07. The molecule has 0 aromatic heterocycles. The van der Waals surface area contributed by atoms with Gasteiger partial charge in [0.05, 0.1) is 33.5 Å². The van der Waals surface area contributed by atoms with Crippen molar-refractivity contribution in [3.63, 3.8) is 0 Å². The molecule has 0 bridgehead atoms. The number of hydrogen-bond acceptors (Lipinski definition) is 5. The lowest BCUT2D eigenvalue weighted by atomic mass is 9.91. The van der Waals surface area contributed by atoms with E-state index in [1.807, 2.05) is 0 Å². The number of benzene rings is 2. The minimum Gasteiger partial charge on any atom is -0.478 e. The van der Waals surface area contributed by atoms with Crippen LogP contribution in [0.4, 0.5) is 11.4 Å². The van der Waals surface area contributed by atoms with Gasteiger partial charge in [-0.3, -0.25) is 4.72 Å². The molecular formula is C24H27N3O4S. The molecule has 1 aliphatic heterocycles. The number of rotatable bonds is 6. The Morgan fingerprint density at radius 1 is 1.12 bits per heavy atom. The van der Waals surface area contributed by atoms with Crippen LogP contribution >= 0.6 is 0 Å². The van der Waals surface area contributed by atoms with Crippen LogP contribution in [0.1, 0.15) is 60.5 Å². The second-order valence-electron chi connectivity index (χ2n) is 9.13. The quantitative estimate of drug-likeness (QED) is 0.670. The monoisotopic (exact) mass is 453 g/mol. The molecule has 0 spiro atoms. The van der Waals surface area contributed by atoms with Gasteiger partial charge in [-0.1, -0.05) is 19.9 Å². The van der Waals surface area contributed by atoms with E-state index in [9.17, 15) is 23.6 Å². The topological polar surface area (TPSA) is 111 Å². The number of nitrogens with one attached hydrogen (secondary N) is 1. The molecule has 1 saturated carbocycles. The van der Waals surface area contributed by atoms with Gasteiger partial charge in [-0.15, -0.1) is 0 Å². The zero-order valence-corrected chi connectivity index (χ0v) is 19.0. The summed E-state index contributed by atoms with van der Waals surface area (Å²) in [5.41, 5.74) is 1.99. The third kappa shape index (κ3) is 4.58. The number of hydrogen-bond donors (Lipinski definition) is 2. The third-order valence-electron chi connectivity index (χ3n) is 6.15. The zero-order valence-electron chi connectivity index (χ0n) is 18.2. The Bertz CT molecular complexity index is 1190. The molecule has 1 heterocycles. The van der Waals surface area contributed by atoms with Gasteiger partial charge in [0.25, 0.3) is 10.0 Å². The lowest BCUT2D eigenvalue weighted by Crippen LogP contribution is -2.39. The second-order valence-corrected chi connectivity index (χ2v) is 10.8. The van der Waals surface area contributed by atoms with Gasteiger partial charge >= 0.3 is 5.97 Å². The molecule has 0 amide bonds. The highest BCUT2D eigenvalue weighted by Gasteiger charge is 2.32. The predicted molar refractivity (Wildman–Crippen MR) is 122 cm³/mol. The number of carbonyl (C=O) groups is 1. The average molecular weight is 454 g/mol. The fraction of sp³-hybridized carbons (Fsp3) is 0.417. The maximum Gasteiger partial charge on any atom is 0.335 e. The molecule has 2 atom stereocenters. The zero-order chi connectivity index (χ0) is 23.0. The van der Waals surface area contributed by atoms with Crippen molar-refractivity contribution in [3.05, 3.63) is 53.1 Å². The van der Waals surface area contributed by atoms with Crippen LogP contribution in [0.5, 0.6) is 0 Å². The van der Waals surface area contributed by atoms with Crippen LogP contribution in [0.2, 0.25) is 0 Å². The molecule has 1 saturated heterocycles. The van der Waals surface area contributed by atoms with E-state index in [0.29, 0.717) is 28.7 Å². The minimum atomic E-state index is -4.07. The van der Waals surface area contributed by atoms with Crippen LogP contribution in [0.15, 0.2) is 41.3 Å². The van der Waals surface area contributed by atoms with Gasteiger partial charge in [0.15, 0.2) is 0 Å². The van der Waals surface area contributed by atoms with Crippen LogP contribution in [0.3, 0.4) is 0 Å². The number of nitrogens with zero attached hydrogens (tertiary/aromatic N) is 2. The lowest BCUT2D eigenvalue weighted by Gasteiger charge is -2.37. The first-order chi connectivity index (χ1) is 15.2. The molecule has 7 nitrogen and oxygen atoms in total. The van der Waals surface area contributed by atoms with Crippen molar-refractivity contribution in [1.29, 1.82) is 5.26 Å². The lowest BCUT2D eigenvalue weighted by molar-refractivity contribution is 0.0696. The van der Waals surface area contributed by atoms with Crippen molar-refractivity contribution < 1.29 is 18.3 Å². The third-order valence-corrected chi connectivity index (χ3v) is 7.57. The van der Waals surface area contributed by atoms with E-state index in [4.69, 9.17) is 0 Å². The molecule has 0 radical (unpaired) electrons. The van der Waals surface area contributed by atoms with Gasteiger partial charge in [-0.05, 0) is 72.9 Å². The number of nitriles is 1. The van der Waals surface area contributed by atoms with Crippen molar-refractivity contribution in [2.45, 2.75) is 43.9 Å². The van der Waals surface area contributed by atoms with Crippen LogP contribution in [0, 0.1) is 23.2 Å². The average Bonchev–Trinajstić information content (AvgIpc) is 3.57. The van der Waals surface area contributed by atoms with Gasteiger partial charge in [0.1, 0.15) is 0 Å². The number of sulfonamides is 1. The summed E-state index contributed by atoms with van der Waals surface area (Å²) in [4.78, 5) is 13.6. The highest BCUT2D eigenvalue weighted by molar-refractivity contribution is 7.92. The summed E-state index contributed by atoms with van der Waals surface area (Å²) in [5, 5.41) is 18.8. The molecule has 32 heavy (non-hydrogen) atoms. The van der Waals surface area contributed by atoms with E-state index in [-0.39, 0.29) is 16.4 Å². The summed E-state index contributed by atoms with van der Waals surface area (Å²) in [6.07, 6.45) is 2.88. The van der Waals surface area contributed by atoms with Crippen molar-refractivity contribution in [2.75, 3.05) is 22.7 Å². The van der Waals surface area contributed by atoms with Gasteiger partial charge in [-0.25, -0.2) is 13.2 Å². The summed E-state index contributed by atoms with van der Waals surface area (Å²) < 4.78 is 29.7. The molecule has 2 fully saturated rings. The fourth-order valence-electron chi connectivity index (χ4n) is 4.65. The van der Waals surface area contributed by atoms with Crippen molar-refractivity contribution >= 4 is 27.4 Å². The summed E-state index contributed by atoms with van der Waals surface area (Å²) in [6, 6.07) is 11.4. The Morgan fingerprint density at radius 3 is 2.41 bits per heavy atom. The maximum absolute atomic E-state index is 13.5. The van der Waals surface area contributed by atoms with E-state index >= 15 is 0 Å². The number of carboxylic acid groups (broad SMARTS) is 1. The summed E-state index contributed by atoms with van der Waals surface area (Å²) >= 11 is 0. The molecule has 2 N–H and O–H groups in total. The number of aromatic carboxylic acids is 1. The molecule has 0 unspecified atom stereocenters. The van der Waals surface area contributed by atoms with Gasteiger partial charge in [0, 0.05) is 13.1 Å². The Hall–Kier alpha value is -3.05. The molecule has 2 aromatic rings. The molecule has 4 rings (SSSR count). The maximum atomic E-state index is 13.5. The van der Waals surface area contributed by atoms with Crippen LogP contribution < -0.4 is 9.62 Å². The molecule has 8 heteroatoms. The standard InChI is InChI=1S/C24H27N3O4S/c1-15-9-16(2)14-27(13-15)22-8-3-17(12-25)10-21(22)26-32(30,31)23-11-19(24(28)29)6-7-20(23)18-4-5-18/h3,6-8,10-11,15-16,18,26H,4-5,9,13-14H2,1-2H3,(H,28,29)/t15-,16+. The van der Waals surface area contributed by atoms with Crippen molar-refractivity contribution in [2.24, 2.45) is 11.8 Å². The minimum absolute atomic E-state index is 0.00593. The molecule has 1 aliphatic carbocycles. The van der Waals surface area contributed by atoms with Gasteiger partial charge in [-0.2, -0.15) is 5.26 Å². The summed E-state index contributed by atoms with van der Waals surface area (Å²) in [6.45, 7) is 5.95. The van der Waals surface area contributed by atoms with Gasteiger partial charge in [0.2, 0.25) is 0 Å². The summed E-state index contributed by atoms with van der Waals surface area (Å²) in [5.74, 6) is -0.120. The fourth-order valence-corrected chi connectivity index (χ4v) is 6.04. The first-order valence-corrected chi connectivity index (χ1v) is 12.4. The smallest absolute Gasteiger partial charge is 0.335 e. The van der Waals surface area contributed by atoms with E-state index in [0.717, 1.165) is 38.0 Å². The highest BCUT2D eigenvalue weighted by atomic mass is 32.2. The number of carboxylic acids is 1. The predicted octanol–water partition coefficient (Wildman–Crippen LogP) is 4.42. The van der Waals surface area contributed by atoms with Gasteiger partial charge < -0.3 is 10.0 Å². The Labute approximate surface area is 188 Å². The van der Waals surface area contributed by atoms with Crippen LogP contribution in [-0.2, 0) is 10.0 Å². The second kappa shape index (κ2) is 8.47. The van der Waals surface area contributed by atoms with E-state index in [2.05, 4.69) is 29.5 Å². The first kappa shape index (κ1) is 22.2. The van der Waals surface area contributed by atoms with Crippen molar-refractivity contribution in [1.82, 2.24) is 0 Å². The SMILES string of the molecule is C[C@@H]1C[C@H](C)CN(c2ccc(C#N)cc2NS(=O)(=O)c2cc(C(=O)O)ccc2C2CC2)C1. The number of piperidine rings is 1. The Balaban J connectivity index is 1.76. The van der Waals surface area contributed by atoms with Crippen molar-refractivity contribution in [3.8, 4) is 6.07 Å². The molecule has 168 valence electrons. The van der Waals surface area contributed by atoms with E-state index < -0.39 is 16.0 Å². The Kier molecular flexibility index (Phi) is 5.87. The van der Waals surface area contributed by atoms with E-state index in [1.54, 1.807) is 24.3 Å². The molecule has 2 aliphatic rings. The number of anilines is 2. The van der Waals surface area contributed by atoms with Crippen LogP contribution in [-0.4, -0.2) is 32.6 Å². The molecular weight excluding hydrogens is 426 g/mol. The van der Waals surface area contributed by atoms with Crippen LogP contribution in [0.25, 0.3) is 0 Å². The Morgan fingerprint density at radius 2 is 1.81 bits per heavy atom. The molecule has 2 aromatic carbocycles. The normalized spacial score (nSPS) is 21.1. The highest BCUT2D eigenvalue weighted by Crippen LogP contribution is 2.44. The largest absolute Gasteiger partial charge is 0.478 e. The van der Waals surface area contributed by atoms with E-state index in [1.165, 1.54) is 12.1 Å².